The number of benzene rings is 2. The lowest BCUT2D eigenvalue weighted by molar-refractivity contribution is -0.180. The first-order valence-corrected chi connectivity index (χ1v) is 7.73. The van der Waals surface area contributed by atoms with Gasteiger partial charge in [-0.2, -0.15) is 13.2 Å². The van der Waals surface area contributed by atoms with Crippen LogP contribution in [0.1, 0.15) is 11.1 Å². The molecule has 2 aromatic rings. The maximum absolute atomic E-state index is 12.8. The Hall–Kier alpha value is -2.34. The zero-order chi connectivity index (χ0) is 18.2. The molecule has 1 aliphatic heterocycles. The van der Waals surface area contributed by atoms with Gasteiger partial charge in [0.05, 0.1) is 12.1 Å². The highest BCUT2D eigenvalue weighted by molar-refractivity contribution is 6.32. The molecule has 1 heterocycles. The van der Waals surface area contributed by atoms with Crippen LogP contribution in [0.3, 0.4) is 0 Å². The number of aryl methyl sites for hydroxylation is 1. The summed E-state index contributed by atoms with van der Waals surface area (Å²) in [6.45, 7) is 1.90. The van der Waals surface area contributed by atoms with E-state index in [0.29, 0.717) is 17.1 Å². The summed E-state index contributed by atoms with van der Waals surface area (Å²) >= 11 is 6.19. The average molecular weight is 371 g/mol. The molecule has 0 fully saturated rings. The Labute approximate surface area is 147 Å². The van der Waals surface area contributed by atoms with Crippen LogP contribution in [0.4, 0.5) is 13.2 Å². The molecule has 1 atom stereocenters. The molecule has 0 saturated carbocycles. The standard InChI is InChI=1S/C18H14ClF3O3/c1-10-3-5-13(16(7-10)23-2)24-15-9-14-11(8-12(15)19)4-6-17(25-14)18(20,21)22/h3-9,17H,1-2H3/t17-/m1/s1. The molecule has 25 heavy (non-hydrogen) atoms. The average Bonchev–Trinajstić information content (AvgIpc) is 2.55. The van der Waals surface area contributed by atoms with Crippen LogP contribution in [-0.2, 0) is 0 Å². The van der Waals surface area contributed by atoms with E-state index in [4.69, 9.17) is 25.8 Å². The number of hydrogen-bond donors (Lipinski definition) is 0. The number of ether oxygens (including phenoxy) is 3. The van der Waals surface area contributed by atoms with Crippen LogP contribution >= 0.6 is 11.6 Å². The SMILES string of the molecule is COc1cc(C)ccc1Oc1cc2c(cc1Cl)C=C[C@H](C(F)(F)F)O2. The van der Waals surface area contributed by atoms with E-state index in [-0.39, 0.29) is 16.5 Å². The molecule has 0 saturated heterocycles. The van der Waals surface area contributed by atoms with Crippen molar-refractivity contribution in [1.29, 1.82) is 0 Å². The Kier molecular flexibility index (Phi) is 4.56. The van der Waals surface area contributed by atoms with Crippen LogP contribution in [0.2, 0.25) is 5.02 Å². The first-order valence-electron chi connectivity index (χ1n) is 7.35. The fourth-order valence-corrected chi connectivity index (χ4v) is 2.59. The number of rotatable bonds is 3. The van der Waals surface area contributed by atoms with Crippen molar-refractivity contribution in [3.05, 3.63) is 52.6 Å². The molecular weight excluding hydrogens is 357 g/mol. The van der Waals surface area contributed by atoms with E-state index in [9.17, 15) is 13.2 Å². The molecule has 0 radical (unpaired) electrons. The van der Waals surface area contributed by atoms with E-state index < -0.39 is 12.3 Å². The molecule has 1 aliphatic rings. The van der Waals surface area contributed by atoms with Crippen molar-refractivity contribution >= 4 is 17.7 Å². The first-order chi connectivity index (χ1) is 11.8. The number of alkyl halides is 3. The van der Waals surface area contributed by atoms with Gasteiger partial charge >= 0.3 is 6.18 Å². The molecule has 0 bridgehead atoms. The summed E-state index contributed by atoms with van der Waals surface area (Å²) in [6.07, 6.45) is -4.21. The highest BCUT2D eigenvalue weighted by Crippen LogP contribution is 2.42. The van der Waals surface area contributed by atoms with Gasteiger partial charge in [0.2, 0.25) is 6.10 Å². The molecule has 3 nitrogen and oxygen atoms in total. The highest BCUT2D eigenvalue weighted by Gasteiger charge is 2.41. The van der Waals surface area contributed by atoms with Crippen molar-refractivity contribution in [2.75, 3.05) is 7.11 Å². The van der Waals surface area contributed by atoms with Crippen molar-refractivity contribution in [2.45, 2.75) is 19.2 Å². The van der Waals surface area contributed by atoms with Crippen LogP contribution in [0.15, 0.2) is 36.4 Å². The maximum atomic E-state index is 12.8. The summed E-state index contributed by atoms with van der Waals surface area (Å²) in [7, 11) is 1.50. The van der Waals surface area contributed by atoms with E-state index in [1.807, 2.05) is 13.0 Å². The minimum absolute atomic E-state index is 0.0512. The summed E-state index contributed by atoms with van der Waals surface area (Å²) < 4.78 is 54.6. The van der Waals surface area contributed by atoms with Gasteiger partial charge in [0.15, 0.2) is 11.5 Å². The minimum atomic E-state index is -4.49. The lowest BCUT2D eigenvalue weighted by Gasteiger charge is -2.24. The van der Waals surface area contributed by atoms with E-state index in [1.54, 1.807) is 12.1 Å². The third kappa shape index (κ3) is 3.69. The number of methoxy groups -OCH3 is 1. The Morgan fingerprint density at radius 2 is 1.84 bits per heavy atom. The molecule has 0 N–H and O–H groups in total. The summed E-state index contributed by atoms with van der Waals surface area (Å²) in [4.78, 5) is 0. The highest BCUT2D eigenvalue weighted by atomic mass is 35.5. The van der Waals surface area contributed by atoms with Crippen molar-refractivity contribution in [3.8, 4) is 23.0 Å². The van der Waals surface area contributed by atoms with Gasteiger partial charge in [0.25, 0.3) is 0 Å². The van der Waals surface area contributed by atoms with Gasteiger partial charge in [-0.1, -0.05) is 23.7 Å². The zero-order valence-electron chi connectivity index (χ0n) is 13.4. The largest absolute Gasteiger partial charge is 0.493 e. The van der Waals surface area contributed by atoms with Crippen LogP contribution in [-0.4, -0.2) is 19.4 Å². The molecule has 0 amide bonds. The fourth-order valence-electron chi connectivity index (χ4n) is 2.38. The number of halogens is 4. The normalized spacial score (nSPS) is 16.2. The molecule has 0 unspecified atom stereocenters. The summed E-state index contributed by atoms with van der Waals surface area (Å²) in [5.74, 6) is 1.12. The Bertz CT molecular complexity index is 831. The molecule has 2 aromatic carbocycles. The maximum Gasteiger partial charge on any atom is 0.429 e. The third-order valence-corrected chi connectivity index (χ3v) is 3.93. The predicted octanol–water partition coefficient (Wildman–Crippen LogP) is 5.79. The van der Waals surface area contributed by atoms with Gasteiger partial charge in [0, 0.05) is 11.6 Å². The predicted molar refractivity (Wildman–Crippen MR) is 88.8 cm³/mol. The van der Waals surface area contributed by atoms with E-state index in [2.05, 4.69) is 0 Å². The van der Waals surface area contributed by atoms with Gasteiger partial charge in [-0.15, -0.1) is 0 Å². The quantitative estimate of drug-likeness (QED) is 0.684. The second-order valence-electron chi connectivity index (χ2n) is 5.52. The third-order valence-electron chi connectivity index (χ3n) is 3.63. The molecule has 3 rings (SSSR count). The van der Waals surface area contributed by atoms with E-state index in [1.165, 1.54) is 25.3 Å². The molecule has 7 heteroatoms. The van der Waals surface area contributed by atoms with E-state index in [0.717, 1.165) is 11.6 Å². The van der Waals surface area contributed by atoms with Crippen LogP contribution in [0.25, 0.3) is 6.08 Å². The molecule has 132 valence electrons. The number of hydrogen-bond acceptors (Lipinski definition) is 3. The van der Waals surface area contributed by atoms with Crippen molar-refractivity contribution in [2.24, 2.45) is 0 Å². The van der Waals surface area contributed by atoms with Crippen LogP contribution < -0.4 is 14.2 Å². The zero-order valence-corrected chi connectivity index (χ0v) is 14.1. The van der Waals surface area contributed by atoms with Gasteiger partial charge in [-0.25, -0.2) is 0 Å². The summed E-state index contributed by atoms with van der Waals surface area (Å²) in [5.41, 5.74) is 1.43. The molecular formula is C18H14ClF3O3. The second kappa shape index (κ2) is 6.52. The Morgan fingerprint density at radius 1 is 1.08 bits per heavy atom. The Morgan fingerprint density at radius 3 is 2.52 bits per heavy atom. The second-order valence-corrected chi connectivity index (χ2v) is 5.92. The van der Waals surface area contributed by atoms with Crippen LogP contribution in [0.5, 0.6) is 23.0 Å². The smallest absolute Gasteiger partial charge is 0.429 e. The van der Waals surface area contributed by atoms with Crippen molar-refractivity contribution in [3.63, 3.8) is 0 Å². The van der Waals surface area contributed by atoms with Crippen LogP contribution in [0, 0.1) is 6.92 Å². The fraction of sp³-hybridized carbons (Fsp3) is 0.222. The Balaban J connectivity index is 1.94. The van der Waals surface area contributed by atoms with Gasteiger partial charge in [-0.05, 0) is 36.8 Å². The van der Waals surface area contributed by atoms with E-state index >= 15 is 0 Å². The molecule has 0 aromatic heterocycles. The minimum Gasteiger partial charge on any atom is -0.493 e. The monoisotopic (exact) mass is 370 g/mol. The molecule has 0 aliphatic carbocycles. The van der Waals surface area contributed by atoms with Gasteiger partial charge in [-0.3, -0.25) is 0 Å². The van der Waals surface area contributed by atoms with Crippen molar-refractivity contribution < 1.29 is 27.4 Å². The van der Waals surface area contributed by atoms with Crippen molar-refractivity contribution in [1.82, 2.24) is 0 Å². The molecule has 0 spiro atoms. The van der Waals surface area contributed by atoms with Gasteiger partial charge < -0.3 is 14.2 Å². The first kappa shape index (κ1) is 17.5. The lowest BCUT2D eigenvalue weighted by atomic mass is 10.1. The summed E-state index contributed by atoms with van der Waals surface area (Å²) in [6, 6.07) is 8.14. The summed E-state index contributed by atoms with van der Waals surface area (Å²) in [5, 5.41) is 0.250. The topological polar surface area (TPSA) is 27.7 Å². The van der Waals surface area contributed by atoms with Gasteiger partial charge in [0.1, 0.15) is 11.5 Å². The lowest BCUT2D eigenvalue weighted by Crippen LogP contribution is -2.33. The number of fused-ring (bicyclic) bond motifs is 1.